The molecule has 2 amide bonds. The predicted molar refractivity (Wildman–Crippen MR) is 198 cm³/mol. The molecule has 2 aliphatic carbocycles. The van der Waals surface area contributed by atoms with Gasteiger partial charge in [0.15, 0.2) is 0 Å². The molecule has 1 saturated carbocycles. The van der Waals surface area contributed by atoms with Crippen molar-refractivity contribution in [1.29, 1.82) is 0 Å². The lowest BCUT2D eigenvalue weighted by atomic mass is 9.68. The van der Waals surface area contributed by atoms with Crippen LogP contribution in [0.1, 0.15) is 70.9 Å². The number of aromatic nitrogens is 2. The van der Waals surface area contributed by atoms with Gasteiger partial charge >= 0.3 is 0 Å². The SMILES string of the molecule is COc1nn(C)cc1C(=O)N=CS1(=O)=NC(=O)c2ccc3c(c2)N(C[C@@H]2CC[C@H]2[C@@H](O)C/C=C\[C@H](C)C1)C[C@@]1(CCCc2cc(Cl)ccc21)CO3. The predicted octanol–water partition coefficient (Wildman–Crippen LogP) is 6.02. The first kappa shape index (κ1) is 35.4. The monoisotopic (exact) mass is 733 g/mol. The molecule has 1 spiro atoms. The number of aliphatic imine (C=N–C) groups is 1. The molecule has 3 aromatic rings. The third-order valence-electron chi connectivity index (χ3n) is 10.8. The Morgan fingerprint density at radius 3 is 2.86 bits per heavy atom. The lowest BCUT2D eigenvalue weighted by Gasteiger charge is -2.45. The highest BCUT2D eigenvalue weighted by molar-refractivity contribution is 8.06. The molecule has 4 aliphatic rings. The van der Waals surface area contributed by atoms with E-state index in [1.165, 1.54) is 29.1 Å². The van der Waals surface area contributed by atoms with Gasteiger partial charge in [-0.3, -0.25) is 14.3 Å². The number of carbonyl (C=O) groups is 2. The summed E-state index contributed by atoms with van der Waals surface area (Å²) in [5.41, 5.74) is 4.31. The third-order valence-corrected chi connectivity index (χ3v) is 13.0. The van der Waals surface area contributed by atoms with Gasteiger partial charge in [-0.1, -0.05) is 36.7 Å². The summed E-state index contributed by atoms with van der Waals surface area (Å²) in [7, 11) is -0.439. The molecule has 2 aliphatic heterocycles. The highest BCUT2D eigenvalue weighted by atomic mass is 35.5. The number of ether oxygens (including phenoxy) is 2. The number of aryl methyl sites for hydroxylation is 2. The van der Waals surface area contributed by atoms with E-state index in [-0.39, 0.29) is 45.9 Å². The second-order valence-corrected chi connectivity index (χ2v) is 17.1. The van der Waals surface area contributed by atoms with Crippen molar-refractivity contribution in [2.45, 2.75) is 57.0 Å². The average Bonchev–Trinajstić information content (AvgIpc) is 3.40. The molecule has 270 valence electrons. The van der Waals surface area contributed by atoms with Crippen LogP contribution >= 0.6 is 11.6 Å². The molecule has 0 radical (unpaired) electrons. The van der Waals surface area contributed by atoms with Crippen molar-refractivity contribution in [3.05, 3.63) is 82.0 Å². The van der Waals surface area contributed by atoms with E-state index >= 15 is 0 Å². The molecular formula is C38H44ClN5O6S. The van der Waals surface area contributed by atoms with E-state index in [0.717, 1.165) is 48.4 Å². The minimum absolute atomic E-state index is 0.0511. The third kappa shape index (κ3) is 7.23. The number of amides is 2. The number of rotatable bonds is 3. The zero-order valence-electron chi connectivity index (χ0n) is 29.2. The van der Waals surface area contributed by atoms with E-state index in [1.807, 2.05) is 25.1 Å². The van der Waals surface area contributed by atoms with Gasteiger partial charge in [0.25, 0.3) is 11.8 Å². The Labute approximate surface area is 303 Å². The molecule has 7 rings (SSSR count). The van der Waals surface area contributed by atoms with Gasteiger partial charge in [0, 0.05) is 48.1 Å². The van der Waals surface area contributed by atoms with Crippen molar-refractivity contribution in [1.82, 2.24) is 9.78 Å². The summed E-state index contributed by atoms with van der Waals surface area (Å²) in [5.74, 6) is -0.573. The maximum Gasteiger partial charge on any atom is 0.285 e. The molecule has 2 bridgehead atoms. The number of aliphatic hydroxyl groups excluding tert-OH is 1. The number of allylic oxidation sites excluding steroid dienone is 1. The van der Waals surface area contributed by atoms with Crippen molar-refractivity contribution < 1.29 is 28.4 Å². The van der Waals surface area contributed by atoms with Gasteiger partial charge in [0.05, 0.1) is 35.2 Å². The van der Waals surface area contributed by atoms with Gasteiger partial charge in [-0.25, -0.2) is 9.20 Å². The molecule has 1 N–H and O–H groups in total. The molecule has 11 nitrogen and oxygen atoms in total. The van der Waals surface area contributed by atoms with Crippen LogP contribution < -0.4 is 14.4 Å². The van der Waals surface area contributed by atoms with Crippen LogP contribution in [-0.2, 0) is 28.6 Å². The fraction of sp³-hybridized carbons (Fsp3) is 0.474. The Hall–Kier alpha value is -4.00. The summed E-state index contributed by atoms with van der Waals surface area (Å²) in [4.78, 5) is 33.3. The molecule has 1 unspecified atom stereocenters. The molecule has 6 atom stereocenters. The summed E-state index contributed by atoms with van der Waals surface area (Å²) in [6.45, 7) is 3.70. The Bertz CT molecular complexity index is 2040. The van der Waals surface area contributed by atoms with Gasteiger partial charge in [-0.15, -0.1) is 5.10 Å². The fourth-order valence-corrected chi connectivity index (χ4v) is 10.1. The summed E-state index contributed by atoms with van der Waals surface area (Å²) >= 11 is 6.43. The Kier molecular flexibility index (Phi) is 9.86. The van der Waals surface area contributed by atoms with Crippen LogP contribution in [0, 0.1) is 17.8 Å². The second-order valence-electron chi connectivity index (χ2n) is 14.5. The number of nitrogens with zero attached hydrogens (tertiary/aromatic N) is 5. The number of benzene rings is 2. The number of aliphatic hydroxyl groups is 1. The maximum absolute atomic E-state index is 14.4. The Morgan fingerprint density at radius 1 is 1.24 bits per heavy atom. The molecule has 2 aromatic carbocycles. The van der Waals surface area contributed by atoms with Crippen molar-refractivity contribution in [3.63, 3.8) is 0 Å². The van der Waals surface area contributed by atoms with Crippen LogP contribution in [0.15, 0.2) is 64.1 Å². The van der Waals surface area contributed by atoms with Crippen molar-refractivity contribution in [2.24, 2.45) is 34.2 Å². The molecule has 0 saturated heterocycles. The largest absolute Gasteiger partial charge is 0.490 e. The summed E-state index contributed by atoms with van der Waals surface area (Å²) in [6.07, 6.45) is 10.1. The molecule has 51 heavy (non-hydrogen) atoms. The van der Waals surface area contributed by atoms with E-state index in [0.29, 0.717) is 31.9 Å². The zero-order valence-corrected chi connectivity index (χ0v) is 30.7. The van der Waals surface area contributed by atoms with Gasteiger partial charge in [-0.2, -0.15) is 4.36 Å². The van der Waals surface area contributed by atoms with Crippen LogP contribution in [0.4, 0.5) is 5.69 Å². The van der Waals surface area contributed by atoms with Gasteiger partial charge in [0.1, 0.15) is 16.9 Å². The Balaban J connectivity index is 1.29. The van der Waals surface area contributed by atoms with Crippen LogP contribution in [0.25, 0.3) is 0 Å². The number of hydrogen-bond acceptors (Lipinski definition) is 8. The fourth-order valence-electron chi connectivity index (χ4n) is 8.18. The van der Waals surface area contributed by atoms with Gasteiger partial charge in [0.2, 0.25) is 5.88 Å². The minimum Gasteiger partial charge on any atom is -0.490 e. The number of hydrogen-bond donors (Lipinski definition) is 1. The molecule has 1 fully saturated rings. The van der Waals surface area contributed by atoms with Crippen molar-refractivity contribution in [3.8, 4) is 11.6 Å². The van der Waals surface area contributed by atoms with E-state index in [4.69, 9.17) is 21.1 Å². The summed E-state index contributed by atoms with van der Waals surface area (Å²) < 4.78 is 31.9. The second kappa shape index (κ2) is 14.2. The number of halogens is 1. The first-order valence-corrected chi connectivity index (χ1v) is 19.7. The van der Waals surface area contributed by atoms with Crippen LogP contribution in [0.5, 0.6) is 11.6 Å². The lowest BCUT2D eigenvalue weighted by molar-refractivity contribution is 0.0177. The zero-order chi connectivity index (χ0) is 35.9. The van der Waals surface area contributed by atoms with E-state index in [1.54, 1.807) is 25.2 Å². The molecule has 3 heterocycles. The first-order valence-electron chi connectivity index (χ1n) is 17.6. The highest BCUT2D eigenvalue weighted by Gasteiger charge is 2.44. The lowest BCUT2D eigenvalue weighted by Crippen LogP contribution is -2.49. The van der Waals surface area contributed by atoms with Gasteiger partial charge in [-0.05, 0) is 97.7 Å². The van der Waals surface area contributed by atoms with Crippen LogP contribution in [0.2, 0.25) is 5.02 Å². The quantitative estimate of drug-likeness (QED) is 0.196. The van der Waals surface area contributed by atoms with Crippen LogP contribution in [-0.4, -0.2) is 75.1 Å². The molecule has 13 heteroatoms. The number of fused-ring (bicyclic) bond motifs is 4. The maximum atomic E-state index is 14.4. The minimum atomic E-state index is -3.48. The first-order chi connectivity index (χ1) is 24.5. The number of anilines is 1. The summed E-state index contributed by atoms with van der Waals surface area (Å²) in [6, 6.07) is 11.4. The van der Waals surface area contributed by atoms with E-state index in [2.05, 4.69) is 31.5 Å². The molecule has 1 aromatic heterocycles. The van der Waals surface area contributed by atoms with Crippen molar-refractivity contribution in [2.75, 3.05) is 37.5 Å². The van der Waals surface area contributed by atoms with Crippen LogP contribution in [0.3, 0.4) is 0 Å². The smallest absolute Gasteiger partial charge is 0.285 e. The van der Waals surface area contributed by atoms with E-state index < -0.39 is 27.6 Å². The molecular weight excluding hydrogens is 690 g/mol. The summed E-state index contributed by atoms with van der Waals surface area (Å²) in [5, 5.41) is 16.2. The van der Waals surface area contributed by atoms with E-state index in [9.17, 15) is 18.9 Å². The number of carbonyl (C=O) groups excluding carboxylic acids is 2. The average molecular weight is 734 g/mol. The van der Waals surface area contributed by atoms with Crippen molar-refractivity contribution >= 4 is 44.4 Å². The highest BCUT2D eigenvalue weighted by Crippen LogP contribution is 2.47. The van der Waals surface area contributed by atoms with Gasteiger partial charge < -0.3 is 19.5 Å². The Morgan fingerprint density at radius 2 is 2.08 bits per heavy atom. The number of methoxy groups -OCH3 is 1. The normalized spacial score (nSPS) is 30.0. The standard InChI is InChI=1S/C38H44ClN5O6S/c1-24-6-4-8-33(45)29-12-9-27(29)18-44-21-38(15-5-7-25-16-28(39)11-13-31(25)38)22-50-34-14-10-26(17-32(34)44)35(46)42-51(48,20-24)23-40-36(47)30-19-43(2)41-37(30)49-3/h4,6,10-11,13-14,16-17,19,23-24,27,29,33,45H,5,7-9,12,15,18,20-22H2,1-3H3/b6-4-,40-23?/t24-,27-,29+,33-,38-,51?/m0/s1. The topological polar surface area (TPSA) is 136 Å².